The molecule has 4 nitrogen and oxygen atoms in total. The Morgan fingerprint density at radius 1 is 1.44 bits per heavy atom. The summed E-state index contributed by atoms with van der Waals surface area (Å²) in [5, 5.41) is 2.43. The lowest BCUT2D eigenvalue weighted by Crippen LogP contribution is -2.33. The van der Waals surface area contributed by atoms with E-state index in [1.54, 1.807) is 0 Å². The Labute approximate surface area is 91.4 Å². The molecule has 0 saturated heterocycles. The van der Waals surface area contributed by atoms with E-state index in [1.807, 2.05) is 0 Å². The molecule has 0 fully saturated rings. The van der Waals surface area contributed by atoms with Crippen molar-refractivity contribution < 1.29 is 18.3 Å². The third-order valence-corrected chi connectivity index (χ3v) is 1.74. The van der Waals surface area contributed by atoms with Gasteiger partial charge in [0.05, 0.1) is 0 Å². The molecule has 0 aromatic heterocycles. The molecular formula is C10H12F2N2O2. The number of hydrogen-bond acceptors (Lipinski definition) is 3. The van der Waals surface area contributed by atoms with Gasteiger partial charge in [0, 0.05) is 13.1 Å². The predicted octanol–water partition coefficient (Wildman–Crippen LogP) is 0.419. The number of amides is 1. The van der Waals surface area contributed by atoms with E-state index in [9.17, 15) is 13.6 Å². The summed E-state index contributed by atoms with van der Waals surface area (Å²) in [6.07, 6.45) is 0. The number of carbonyl (C=O) groups excluding carboxylic acids is 1. The van der Waals surface area contributed by atoms with Crippen LogP contribution in [0.15, 0.2) is 18.2 Å². The summed E-state index contributed by atoms with van der Waals surface area (Å²) in [5.41, 5.74) is 5.16. The number of nitrogens with one attached hydrogen (secondary N) is 1. The minimum atomic E-state index is -1.10. The minimum absolute atomic E-state index is 0.289. The molecule has 0 bridgehead atoms. The summed E-state index contributed by atoms with van der Waals surface area (Å²) in [7, 11) is 0. The van der Waals surface area contributed by atoms with Crippen molar-refractivity contribution in [3.8, 4) is 5.75 Å². The number of carbonyl (C=O) groups is 1. The molecule has 6 heteroatoms. The van der Waals surface area contributed by atoms with E-state index in [0.717, 1.165) is 6.07 Å². The molecule has 0 heterocycles. The van der Waals surface area contributed by atoms with E-state index in [2.05, 4.69) is 5.32 Å². The number of nitrogens with two attached hydrogens (primary N) is 1. The molecular weight excluding hydrogens is 218 g/mol. The van der Waals surface area contributed by atoms with Crippen LogP contribution < -0.4 is 15.8 Å². The Morgan fingerprint density at radius 3 is 2.88 bits per heavy atom. The quantitative estimate of drug-likeness (QED) is 0.770. The zero-order chi connectivity index (χ0) is 12.0. The SMILES string of the molecule is NCCNC(=O)COc1cccc(F)c1F. The molecule has 0 aliphatic carbocycles. The van der Waals surface area contributed by atoms with Gasteiger partial charge in [0.25, 0.3) is 5.91 Å². The van der Waals surface area contributed by atoms with Gasteiger partial charge in [0.15, 0.2) is 18.2 Å². The molecule has 0 spiro atoms. The third-order valence-electron chi connectivity index (χ3n) is 1.74. The topological polar surface area (TPSA) is 64.3 Å². The Morgan fingerprint density at radius 2 is 2.19 bits per heavy atom. The number of rotatable bonds is 5. The lowest BCUT2D eigenvalue weighted by Gasteiger charge is -2.07. The van der Waals surface area contributed by atoms with Crippen LogP contribution in [0.2, 0.25) is 0 Å². The lowest BCUT2D eigenvalue weighted by atomic mass is 10.3. The first-order chi connectivity index (χ1) is 7.65. The van der Waals surface area contributed by atoms with Gasteiger partial charge in [0.2, 0.25) is 5.82 Å². The fraction of sp³-hybridized carbons (Fsp3) is 0.300. The molecule has 0 atom stereocenters. The highest BCUT2D eigenvalue weighted by molar-refractivity contribution is 5.77. The highest BCUT2D eigenvalue weighted by atomic mass is 19.2. The average molecular weight is 230 g/mol. The monoisotopic (exact) mass is 230 g/mol. The molecule has 0 unspecified atom stereocenters. The van der Waals surface area contributed by atoms with Crippen LogP contribution in [0.4, 0.5) is 8.78 Å². The zero-order valence-electron chi connectivity index (χ0n) is 8.50. The molecule has 88 valence electrons. The molecule has 1 aromatic rings. The van der Waals surface area contributed by atoms with Crippen molar-refractivity contribution in [3.05, 3.63) is 29.8 Å². The molecule has 1 amide bonds. The standard InChI is InChI=1S/C10H12F2N2O2/c11-7-2-1-3-8(10(7)12)16-6-9(15)14-5-4-13/h1-3H,4-6,13H2,(H,14,15). The lowest BCUT2D eigenvalue weighted by molar-refractivity contribution is -0.123. The summed E-state index contributed by atoms with van der Waals surface area (Å²) in [5.74, 6) is -2.84. The maximum atomic E-state index is 13.1. The molecule has 0 radical (unpaired) electrons. The summed E-state index contributed by atoms with van der Waals surface area (Å²) in [6, 6.07) is 3.51. The van der Waals surface area contributed by atoms with Gasteiger partial charge in [-0.05, 0) is 12.1 Å². The first-order valence-corrected chi connectivity index (χ1v) is 4.68. The molecule has 1 aromatic carbocycles. The van der Waals surface area contributed by atoms with Crippen molar-refractivity contribution in [3.63, 3.8) is 0 Å². The van der Waals surface area contributed by atoms with Crippen LogP contribution in [0, 0.1) is 11.6 Å². The van der Waals surface area contributed by atoms with Crippen LogP contribution in [-0.4, -0.2) is 25.6 Å². The van der Waals surface area contributed by atoms with Crippen LogP contribution in [0.5, 0.6) is 5.75 Å². The van der Waals surface area contributed by atoms with E-state index in [4.69, 9.17) is 10.5 Å². The smallest absolute Gasteiger partial charge is 0.257 e. The van der Waals surface area contributed by atoms with Crippen molar-refractivity contribution in [1.29, 1.82) is 0 Å². The fourth-order valence-electron chi connectivity index (χ4n) is 1.00. The summed E-state index contributed by atoms with van der Waals surface area (Å²) >= 11 is 0. The highest BCUT2D eigenvalue weighted by Crippen LogP contribution is 2.18. The Balaban J connectivity index is 2.48. The van der Waals surface area contributed by atoms with Gasteiger partial charge in [-0.3, -0.25) is 4.79 Å². The van der Waals surface area contributed by atoms with E-state index in [0.29, 0.717) is 13.1 Å². The minimum Gasteiger partial charge on any atom is -0.481 e. The van der Waals surface area contributed by atoms with Gasteiger partial charge >= 0.3 is 0 Å². The summed E-state index contributed by atoms with van der Waals surface area (Å²) in [6.45, 7) is 0.244. The van der Waals surface area contributed by atoms with Crippen LogP contribution >= 0.6 is 0 Å². The predicted molar refractivity (Wildman–Crippen MR) is 53.9 cm³/mol. The largest absolute Gasteiger partial charge is 0.481 e. The Hall–Kier alpha value is -1.69. The van der Waals surface area contributed by atoms with E-state index >= 15 is 0 Å². The second kappa shape index (κ2) is 6.02. The molecule has 0 aliphatic rings. The van der Waals surface area contributed by atoms with Crippen LogP contribution in [0.1, 0.15) is 0 Å². The molecule has 1 rings (SSSR count). The van der Waals surface area contributed by atoms with Crippen molar-refractivity contribution in [2.24, 2.45) is 5.73 Å². The van der Waals surface area contributed by atoms with E-state index < -0.39 is 17.5 Å². The number of halogens is 2. The number of benzene rings is 1. The summed E-state index contributed by atoms with van der Waals surface area (Å²) < 4.78 is 30.6. The molecule has 16 heavy (non-hydrogen) atoms. The van der Waals surface area contributed by atoms with E-state index in [-0.39, 0.29) is 12.4 Å². The Bertz CT molecular complexity index is 372. The van der Waals surface area contributed by atoms with Gasteiger partial charge < -0.3 is 15.8 Å². The first-order valence-electron chi connectivity index (χ1n) is 4.68. The van der Waals surface area contributed by atoms with Gasteiger partial charge in [-0.1, -0.05) is 6.07 Å². The fourth-order valence-corrected chi connectivity index (χ4v) is 1.00. The number of hydrogen-bond donors (Lipinski definition) is 2. The second-order valence-electron chi connectivity index (χ2n) is 2.98. The zero-order valence-corrected chi connectivity index (χ0v) is 8.50. The van der Waals surface area contributed by atoms with Crippen molar-refractivity contribution in [2.45, 2.75) is 0 Å². The maximum Gasteiger partial charge on any atom is 0.257 e. The number of ether oxygens (including phenoxy) is 1. The van der Waals surface area contributed by atoms with Gasteiger partial charge in [-0.25, -0.2) is 4.39 Å². The van der Waals surface area contributed by atoms with Crippen molar-refractivity contribution >= 4 is 5.91 Å². The van der Waals surface area contributed by atoms with Crippen LogP contribution in [-0.2, 0) is 4.79 Å². The first kappa shape index (κ1) is 12.4. The van der Waals surface area contributed by atoms with Gasteiger partial charge in [-0.2, -0.15) is 4.39 Å². The molecule has 0 saturated carbocycles. The third kappa shape index (κ3) is 3.47. The molecule has 0 aliphatic heterocycles. The summed E-state index contributed by atoms with van der Waals surface area (Å²) in [4.78, 5) is 11.1. The van der Waals surface area contributed by atoms with Crippen molar-refractivity contribution in [1.82, 2.24) is 5.32 Å². The van der Waals surface area contributed by atoms with Gasteiger partial charge in [-0.15, -0.1) is 0 Å². The molecule has 3 N–H and O–H groups in total. The van der Waals surface area contributed by atoms with Crippen LogP contribution in [0.25, 0.3) is 0 Å². The van der Waals surface area contributed by atoms with Crippen molar-refractivity contribution in [2.75, 3.05) is 19.7 Å². The normalized spacial score (nSPS) is 9.94. The Kier molecular flexibility index (Phi) is 4.65. The average Bonchev–Trinajstić information content (AvgIpc) is 2.28. The van der Waals surface area contributed by atoms with Gasteiger partial charge in [0.1, 0.15) is 0 Å². The van der Waals surface area contributed by atoms with E-state index in [1.165, 1.54) is 12.1 Å². The maximum absolute atomic E-state index is 13.1. The second-order valence-corrected chi connectivity index (χ2v) is 2.98. The highest BCUT2D eigenvalue weighted by Gasteiger charge is 2.10. The van der Waals surface area contributed by atoms with Crippen LogP contribution in [0.3, 0.4) is 0 Å².